The first kappa shape index (κ1) is 15.5. The normalized spacial score (nSPS) is 17.4. The zero-order valence-corrected chi connectivity index (χ0v) is 23.0. The molecule has 0 spiro atoms. The van der Waals surface area contributed by atoms with Crippen molar-refractivity contribution >= 4 is 39.7 Å². The predicted octanol–water partition coefficient (Wildman–Crippen LogP) is 6.41. The van der Waals surface area contributed by atoms with E-state index in [-0.39, 0.29) is 5.69 Å². The Morgan fingerprint density at radius 2 is 2.05 bits per heavy atom. The van der Waals surface area contributed by atoms with E-state index >= 15 is 0 Å². The van der Waals surface area contributed by atoms with Gasteiger partial charge in [0.15, 0.2) is 5.78 Å². The van der Waals surface area contributed by atoms with Crippen LogP contribution in [0.25, 0.3) is 10.9 Å². The van der Waals surface area contributed by atoms with Crippen molar-refractivity contribution < 1.29 is 34.8 Å². The molecule has 0 bridgehead atoms. The van der Waals surface area contributed by atoms with Gasteiger partial charge in [0.1, 0.15) is 24.1 Å². The predicted molar refractivity (Wildman–Crippen MR) is 162 cm³/mol. The number of anilines is 2. The van der Waals surface area contributed by atoms with Crippen LogP contribution in [0.15, 0.2) is 66.7 Å². The number of likely N-dealkylation sites (N-methyl/N-ethyl adjacent to an activating group) is 1. The van der Waals surface area contributed by atoms with Crippen LogP contribution in [0.5, 0.6) is 11.5 Å². The van der Waals surface area contributed by atoms with Gasteiger partial charge in [-0.2, -0.15) is 5.26 Å². The number of rotatable bonds is 12. The van der Waals surface area contributed by atoms with Crippen molar-refractivity contribution in [3.63, 3.8) is 0 Å². The molecule has 0 unspecified atom stereocenters. The molecule has 4 rings (SSSR count). The van der Waals surface area contributed by atoms with Gasteiger partial charge in [0.25, 0.3) is 0 Å². The lowest BCUT2D eigenvalue weighted by molar-refractivity contribution is -0.114. The summed E-state index contributed by atoms with van der Waals surface area (Å²) in [4.78, 5) is 22.2. The van der Waals surface area contributed by atoms with Crippen LogP contribution in [0.1, 0.15) is 50.0 Å². The maximum atomic E-state index is 13.2. The van der Waals surface area contributed by atoms with Gasteiger partial charge in [0.2, 0.25) is 0 Å². The second kappa shape index (κ2) is 13.8. The monoisotopic (exact) mass is 584 g/mol. The van der Waals surface area contributed by atoms with E-state index in [1.807, 2.05) is 0 Å². The van der Waals surface area contributed by atoms with Gasteiger partial charge in [0, 0.05) is 50.2 Å². The summed E-state index contributed by atoms with van der Waals surface area (Å²) in [6, 6.07) is -4.14. The molecule has 41 heavy (non-hydrogen) atoms. The van der Waals surface area contributed by atoms with E-state index < -0.39 is 142 Å². The third kappa shape index (κ3) is 7.82. The fourth-order valence-electron chi connectivity index (χ4n) is 3.28. The van der Waals surface area contributed by atoms with E-state index in [0.717, 1.165) is 19.1 Å². The zero-order valence-electron chi connectivity index (χ0n) is 37.3. The minimum atomic E-state index is -3.08. The number of aromatic nitrogens is 2. The molecule has 2 heterocycles. The number of carbonyl (C=O) groups is 1. The third-order valence-corrected chi connectivity index (χ3v) is 5.27. The van der Waals surface area contributed by atoms with Crippen LogP contribution in [0.3, 0.4) is 0 Å². The Morgan fingerprint density at radius 3 is 2.80 bits per heavy atom. The smallest absolute Gasteiger partial charge is 0.159 e. The number of nitriles is 1. The number of ketones is 1. The number of ether oxygens (including phenoxy) is 2. The van der Waals surface area contributed by atoms with Crippen molar-refractivity contribution in [3.05, 3.63) is 94.2 Å². The molecule has 0 radical (unpaired) electrons. The number of nitrogens with zero attached hydrogens (tertiary/aromatic N) is 4. The maximum absolute atomic E-state index is 13.2. The summed E-state index contributed by atoms with van der Waals surface area (Å²) in [5, 5.41) is 11.5. The van der Waals surface area contributed by atoms with E-state index in [1.54, 1.807) is 6.07 Å². The van der Waals surface area contributed by atoms with E-state index in [4.69, 9.17) is 41.6 Å². The summed E-state index contributed by atoms with van der Waals surface area (Å²) in [5.74, 6) is -2.26. The average molecular weight is 585 g/mol. The largest absolute Gasteiger partial charge is 0.494 e. The van der Waals surface area contributed by atoms with Crippen LogP contribution in [-0.4, -0.2) is 47.8 Å². The highest BCUT2D eigenvalue weighted by Crippen LogP contribution is 2.36. The summed E-state index contributed by atoms with van der Waals surface area (Å²) in [6.07, 6.45) is 0.319. The molecule has 0 amide bonds. The molecular weight excluding hydrogens is 538 g/mol. The Labute approximate surface area is 266 Å². The zero-order chi connectivity index (χ0) is 42.6. The molecule has 9 heteroatoms. The Kier molecular flexibility index (Phi) is 5.21. The summed E-state index contributed by atoms with van der Waals surface area (Å²) in [5.41, 5.74) is -3.46. The quantitative estimate of drug-likeness (QED) is 0.191. The van der Waals surface area contributed by atoms with E-state index in [0.29, 0.717) is 0 Å². The Bertz CT molecular complexity index is 2330. The molecule has 0 aliphatic heterocycles. The van der Waals surface area contributed by atoms with Crippen LogP contribution >= 0.6 is 11.6 Å². The number of carbonyl (C=O) groups excluding carboxylic acids is 1. The first-order valence-electron chi connectivity index (χ1n) is 19.3. The number of hydrogen-bond donors (Lipinski definition) is 1. The first-order valence-corrected chi connectivity index (χ1v) is 12.2. The van der Waals surface area contributed by atoms with Crippen molar-refractivity contribution in [3.8, 4) is 17.6 Å². The number of allylic oxidation sites excluding steroid dienone is 1. The van der Waals surface area contributed by atoms with Gasteiger partial charge >= 0.3 is 0 Å². The molecule has 2 aromatic heterocycles. The molecule has 0 fully saturated rings. The Hall–Kier alpha value is -4.45. The fraction of sp³-hybridized carbons (Fsp3) is 0.250. The average Bonchev–Trinajstić information content (AvgIpc) is 3.10. The summed E-state index contributed by atoms with van der Waals surface area (Å²) in [7, 11) is 2.86. The maximum Gasteiger partial charge on any atom is 0.159 e. The van der Waals surface area contributed by atoms with Gasteiger partial charge in [-0.15, -0.1) is 0 Å². The second-order valence-corrected chi connectivity index (χ2v) is 8.69. The number of hydrogen-bond acceptors (Lipinski definition) is 8. The molecule has 210 valence electrons. The highest BCUT2D eigenvalue weighted by atomic mass is 35.5. The van der Waals surface area contributed by atoms with Crippen molar-refractivity contribution in [1.29, 1.82) is 5.26 Å². The third-order valence-electron chi connectivity index (χ3n) is 5.01. The van der Waals surface area contributed by atoms with Gasteiger partial charge in [0.05, 0.1) is 51.9 Å². The highest BCUT2D eigenvalue weighted by molar-refractivity contribution is 6.32. The molecule has 0 aliphatic rings. The number of fused-ring (bicyclic) bond motifs is 1. The summed E-state index contributed by atoms with van der Waals surface area (Å²) in [6.45, 7) is -5.33. The molecule has 0 atom stereocenters. The molecule has 1 N–H and O–H groups in total. The van der Waals surface area contributed by atoms with E-state index in [9.17, 15) is 10.1 Å². The van der Waals surface area contributed by atoms with E-state index in [1.165, 1.54) is 25.9 Å². The number of pyridine rings is 2. The minimum Gasteiger partial charge on any atom is -0.494 e. The van der Waals surface area contributed by atoms with Crippen LogP contribution in [0, 0.1) is 18.3 Å². The molecule has 4 aromatic rings. The van der Waals surface area contributed by atoms with Crippen LogP contribution < -0.4 is 14.8 Å². The molecule has 2 aromatic carbocycles. The minimum absolute atomic E-state index is 0.105. The van der Waals surface area contributed by atoms with Gasteiger partial charge in [-0.3, -0.25) is 14.8 Å². The Morgan fingerprint density at radius 1 is 1.22 bits per heavy atom. The standard InChI is InChI=1S/C32H32ClN5O3/c1-5-40-31-17-29-27(15-22(31)14-26(39)10-7-13-38(3)4)32(23(18-34)19-35-29)37-24-11-12-30(28(33)16-24)41-20-25-9-6-8-21(2)36-25/h6-12,15-17,19H,5,13-14,20H2,1-4H3,(H,35,37)/b10-7+/i5D2,6D,8D,9D,11D,12D,13D2,15D,16D,17D,19D,20D2. The number of aryl methyl sites for hydroxylation is 1. The van der Waals surface area contributed by atoms with Gasteiger partial charge < -0.3 is 19.7 Å². The van der Waals surface area contributed by atoms with Crippen LogP contribution in [0.2, 0.25) is 5.02 Å². The number of nitrogens with one attached hydrogen (secondary N) is 1. The fourth-order valence-corrected chi connectivity index (χ4v) is 3.46. The Balaban J connectivity index is 1.97. The summed E-state index contributed by atoms with van der Waals surface area (Å²) >= 11 is 6.42. The lowest BCUT2D eigenvalue weighted by atomic mass is 10.0. The first-order chi connectivity index (χ1) is 25.7. The lowest BCUT2D eigenvalue weighted by Gasteiger charge is -2.16. The molecular formula is C32H32ClN5O3. The number of halogens is 1. The topological polar surface area (TPSA) is 100 Å². The van der Waals surface area contributed by atoms with Crippen molar-refractivity contribution in [2.24, 2.45) is 0 Å². The molecule has 0 aliphatic carbocycles. The molecule has 0 saturated carbocycles. The van der Waals surface area contributed by atoms with Gasteiger partial charge in [-0.05, 0) is 70.3 Å². The van der Waals surface area contributed by atoms with Crippen LogP contribution in [-0.2, 0) is 17.8 Å². The molecule has 8 nitrogen and oxygen atoms in total. The highest BCUT2D eigenvalue weighted by Gasteiger charge is 2.16. The van der Waals surface area contributed by atoms with Gasteiger partial charge in [-0.1, -0.05) is 23.7 Å². The van der Waals surface area contributed by atoms with Crippen molar-refractivity contribution in [2.75, 3.05) is 32.5 Å². The second-order valence-electron chi connectivity index (χ2n) is 8.32. The van der Waals surface area contributed by atoms with Crippen LogP contribution in [0.4, 0.5) is 11.4 Å². The number of benzene rings is 2. The van der Waals surface area contributed by atoms with E-state index in [2.05, 4.69) is 15.3 Å². The lowest BCUT2D eigenvalue weighted by Crippen LogP contribution is -2.11. The van der Waals surface area contributed by atoms with Crippen molar-refractivity contribution in [2.45, 2.75) is 26.8 Å². The summed E-state index contributed by atoms with van der Waals surface area (Å²) < 4.78 is 136. The SMILES string of the molecule is [2H]c1nc2c([2H])c(OC([2H])([2H])C)c(CC(=O)/C=C/C([2H])([2H])N(C)C)c([2H])c2c(Nc2c([2H])c([2H])c(OC([2H])([2H])c3nc(C)c([2H])c([2H])c3[2H])c(Cl)c2[2H])c1C#N. The molecule has 0 saturated heterocycles. The van der Waals surface area contributed by atoms with Crippen molar-refractivity contribution in [1.82, 2.24) is 14.9 Å². The van der Waals surface area contributed by atoms with Gasteiger partial charge in [-0.25, -0.2) is 0 Å².